The second-order valence-electron chi connectivity index (χ2n) is 3.58. The number of carbonyl (C=O) groups is 1. The van der Waals surface area contributed by atoms with Crippen molar-refractivity contribution < 1.29 is 9.53 Å². The van der Waals surface area contributed by atoms with Crippen LogP contribution in [0.1, 0.15) is 38.5 Å². The van der Waals surface area contributed by atoms with Crippen molar-refractivity contribution >= 4 is 5.78 Å². The van der Waals surface area contributed by atoms with Gasteiger partial charge in [-0.15, -0.1) is 0 Å². The molecule has 2 aliphatic rings. The molecule has 1 saturated carbocycles. The van der Waals surface area contributed by atoms with Crippen LogP contribution in [-0.4, -0.2) is 18.0 Å². The molecule has 0 bridgehead atoms. The summed E-state index contributed by atoms with van der Waals surface area (Å²) in [6.07, 6.45) is 6.03. The third kappa shape index (κ3) is 1.09. The van der Waals surface area contributed by atoms with Gasteiger partial charge >= 0.3 is 0 Å². The monoisotopic (exact) mass is 154 g/mol. The minimum absolute atomic E-state index is 0.307. The summed E-state index contributed by atoms with van der Waals surface area (Å²) in [5.41, 5.74) is -0.307. The molecule has 1 heterocycles. The molecule has 2 rings (SSSR count). The van der Waals surface area contributed by atoms with E-state index < -0.39 is 0 Å². The van der Waals surface area contributed by atoms with Crippen LogP contribution in [0.2, 0.25) is 0 Å². The summed E-state index contributed by atoms with van der Waals surface area (Å²) in [6, 6.07) is 0. The van der Waals surface area contributed by atoms with E-state index in [0.29, 0.717) is 5.78 Å². The quantitative estimate of drug-likeness (QED) is 0.530. The first-order valence-corrected chi connectivity index (χ1v) is 4.51. The molecule has 0 aromatic heterocycles. The van der Waals surface area contributed by atoms with E-state index in [-0.39, 0.29) is 5.60 Å². The third-order valence-electron chi connectivity index (χ3n) is 2.85. The van der Waals surface area contributed by atoms with Crippen LogP contribution < -0.4 is 0 Å². The van der Waals surface area contributed by atoms with Crippen LogP contribution in [0.5, 0.6) is 0 Å². The molecule has 1 saturated heterocycles. The average Bonchev–Trinajstić information content (AvgIpc) is 2.46. The summed E-state index contributed by atoms with van der Waals surface area (Å²) in [5, 5.41) is 0. The van der Waals surface area contributed by atoms with Crippen molar-refractivity contribution in [1.82, 2.24) is 0 Å². The predicted molar refractivity (Wildman–Crippen MR) is 41.4 cm³/mol. The molecule has 0 radical (unpaired) electrons. The maximum atomic E-state index is 11.5. The molecule has 1 aliphatic carbocycles. The highest BCUT2D eigenvalue weighted by molar-refractivity contribution is 5.88. The second-order valence-corrected chi connectivity index (χ2v) is 3.58. The van der Waals surface area contributed by atoms with Gasteiger partial charge in [0, 0.05) is 13.0 Å². The molecule has 2 fully saturated rings. The molecule has 1 atom stereocenters. The van der Waals surface area contributed by atoms with E-state index in [1.807, 2.05) is 0 Å². The van der Waals surface area contributed by atoms with Crippen molar-refractivity contribution in [1.29, 1.82) is 0 Å². The first-order chi connectivity index (χ1) is 5.33. The summed E-state index contributed by atoms with van der Waals surface area (Å²) in [5.74, 6) is 0.362. The topological polar surface area (TPSA) is 26.3 Å². The minimum atomic E-state index is -0.307. The number of carbonyl (C=O) groups excluding carboxylic acids is 1. The molecule has 11 heavy (non-hydrogen) atoms. The number of hydrogen-bond acceptors (Lipinski definition) is 2. The van der Waals surface area contributed by atoms with E-state index in [9.17, 15) is 4.79 Å². The Morgan fingerprint density at radius 3 is 2.64 bits per heavy atom. The summed E-state index contributed by atoms with van der Waals surface area (Å²) in [6.45, 7) is 0.797. The molecule has 1 aliphatic heterocycles. The molecule has 2 heteroatoms. The van der Waals surface area contributed by atoms with Gasteiger partial charge in [-0.25, -0.2) is 0 Å². The smallest absolute Gasteiger partial charge is 0.164 e. The van der Waals surface area contributed by atoms with Gasteiger partial charge in [0.2, 0.25) is 0 Å². The molecule has 0 aromatic carbocycles. The molecular formula is C9H14O2. The zero-order valence-electron chi connectivity index (χ0n) is 6.77. The van der Waals surface area contributed by atoms with E-state index in [1.165, 1.54) is 6.42 Å². The Morgan fingerprint density at radius 1 is 1.18 bits per heavy atom. The number of rotatable bonds is 0. The van der Waals surface area contributed by atoms with E-state index in [2.05, 4.69) is 0 Å². The lowest BCUT2D eigenvalue weighted by Crippen LogP contribution is -2.40. The van der Waals surface area contributed by atoms with Gasteiger partial charge in [0.1, 0.15) is 5.60 Å². The summed E-state index contributed by atoms with van der Waals surface area (Å²) in [7, 11) is 0. The lowest BCUT2D eigenvalue weighted by Gasteiger charge is -2.30. The van der Waals surface area contributed by atoms with Crippen LogP contribution in [0, 0.1) is 0 Å². The van der Waals surface area contributed by atoms with Crippen molar-refractivity contribution in [3.8, 4) is 0 Å². The molecule has 0 N–H and O–H groups in total. The van der Waals surface area contributed by atoms with Crippen LogP contribution in [0.3, 0.4) is 0 Å². The molecule has 1 spiro atoms. The van der Waals surface area contributed by atoms with Crippen molar-refractivity contribution in [2.45, 2.75) is 44.1 Å². The molecule has 1 unspecified atom stereocenters. The van der Waals surface area contributed by atoms with Crippen molar-refractivity contribution in [3.63, 3.8) is 0 Å². The van der Waals surface area contributed by atoms with E-state index in [4.69, 9.17) is 4.74 Å². The zero-order valence-corrected chi connectivity index (χ0v) is 6.77. The van der Waals surface area contributed by atoms with Crippen molar-refractivity contribution in [3.05, 3.63) is 0 Å². The largest absolute Gasteiger partial charge is 0.367 e. The first-order valence-electron chi connectivity index (χ1n) is 4.51. The van der Waals surface area contributed by atoms with Gasteiger partial charge in [-0.3, -0.25) is 4.79 Å². The van der Waals surface area contributed by atoms with Crippen molar-refractivity contribution in [2.75, 3.05) is 6.61 Å². The van der Waals surface area contributed by atoms with Gasteiger partial charge in [-0.2, -0.15) is 0 Å². The molecule has 0 aromatic rings. The van der Waals surface area contributed by atoms with E-state index in [0.717, 1.165) is 38.7 Å². The van der Waals surface area contributed by atoms with Gasteiger partial charge in [-0.1, -0.05) is 0 Å². The Morgan fingerprint density at radius 2 is 2.00 bits per heavy atom. The van der Waals surface area contributed by atoms with Gasteiger partial charge in [0.05, 0.1) is 0 Å². The number of Topliss-reactive ketones (excluding diaryl/α,β-unsaturated/α-hetero) is 1. The first kappa shape index (κ1) is 7.29. The van der Waals surface area contributed by atoms with Crippen LogP contribution in [0.25, 0.3) is 0 Å². The highest BCUT2D eigenvalue weighted by Gasteiger charge is 2.43. The normalized spacial score (nSPS) is 38.4. The Balaban J connectivity index is 2.13. The average molecular weight is 154 g/mol. The fraction of sp³-hybridized carbons (Fsp3) is 0.889. The minimum Gasteiger partial charge on any atom is -0.367 e. The Hall–Kier alpha value is -0.370. The number of hydrogen-bond donors (Lipinski definition) is 0. The lowest BCUT2D eigenvalue weighted by molar-refractivity contribution is -0.142. The summed E-state index contributed by atoms with van der Waals surface area (Å²) >= 11 is 0. The fourth-order valence-electron chi connectivity index (χ4n) is 2.18. The SMILES string of the molecule is O=C1CCCCC12CCCO2. The number of ether oxygens (including phenoxy) is 1. The highest BCUT2D eigenvalue weighted by Crippen LogP contribution is 2.36. The Labute approximate surface area is 66.9 Å². The maximum Gasteiger partial charge on any atom is 0.164 e. The lowest BCUT2D eigenvalue weighted by atomic mass is 9.82. The van der Waals surface area contributed by atoms with Gasteiger partial charge < -0.3 is 4.74 Å². The highest BCUT2D eigenvalue weighted by atomic mass is 16.5. The Bertz CT molecular complexity index is 168. The van der Waals surface area contributed by atoms with Crippen molar-refractivity contribution in [2.24, 2.45) is 0 Å². The van der Waals surface area contributed by atoms with Crippen LogP contribution >= 0.6 is 0 Å². The van der Waals surface area contributed by atoms with Crippen LogP contribution in [0.15, 0.2) is 0 Å². The van der Waals surface area contributed by atoms with Gasteiger partial charge in [-0.05, 0) is 32.1 Å². The zero-order chi connectivity index (χ0) is 7.73. The fourth-order valence-corrected chi connectivity index (χ4v) is 2.18. The van der Waals surface area contributed by atoms with Crippen LogP contribution in [-0.2, 0) is 9.53 Å². The molecule has 0 amide bonds. The summed E-state index contributed by atoms with van der Waals surface area (Å²) < 4.78 is 5.54. The molecular weight excluding hydrogens is 140 g/mol. The molecule has 2 nitrogen and oxygen atoms in total. The van der Waals surface area contributed by atoms with E-state index in [1.54, 1.807) is 0 Å². The van der Waals surface area contributed by atoms with Gasteiger partial charge in [0.15, 0.2) is 5.78 Å². The third-order valence-corrected chi connectivity index (χ3v) is 2.85. The maximum absolute atomic E-state index is 11.5. The van der Waals surface area contributed by atoms with E-state index >= 15 is 0 Å². The second kappa shape index (κ2) is 2.59. The van der Waals surface area contributed by atoms with Gasteiger partial charge in [0.25, 0.3) is 0 Å². The number of ketones is 1. The van der Waals surface area contributed by atoms with Crippen LogP contribution in [0.4, 0.5) is 0 Å². The Kier molecular flexibility index (Phi) is 1.72. The standard InChI is InChI=1S/C9H14O2/c10-8-4-1-2-5-9(8)6-3-7-11-9/h1-7H2. The molecule has 62 valence electrons. The predicted octanol–water partition coefficient (Wildman–Crippen LogP) is 1.68. The summed E-state index contributed by atoms with van der Waals surface area (Å²) in [4.78, 5) is 11.5.